The molecule has 0 aliphatic carbocycles. The second-order valence-electron chi connectivity index (χ2n) is 7.55. The number of carbonyl (C=O) groups is 1. The maximum Gasteiger partial charge on any atom is 0.241 e. The molecule has 4 rings (SSSR count). The predicted octanol–water partition coefficient (Wildman–Crippen LogP) is 5.23. The molecule has 162 valence electrons. The third-order valence-corrected chi connectivity index (χ3v) is 6.08. The van der Waals surface area contributed by atoms with E-state index >= 15 is 0 Å². The molecule has 1 saturated heterocycles. The number of likely N-dealkylation sites (tertiary alicyclic amines) is 1. The van der Waals surface area contributed by atoms with Crippen molar-refractivity contribution in [1.29, 1.82) is 0 Å². The van der Waals surface area contributed by atoms with Crippen LogP contribution in [-0.4, -0.2) is 34.0 Å². The molecule has 0 saturated carbocycles. The molecule has 6 nitrogen and oxygen atoms in total. The van der Waals surface area contributed by atoms with E-state index in [2.05, 4.69) is 20.4 Å². The monoisotopic (exact) mass is 478 g/mol. The van der Waals surface area contributed by atoms with Crippen LogP contribution >= 0.6 is 34.8 Å². The van der Waals surface area contributed by atoms with E-state index in [-0.39, 0.29) is 11.8 Å². The Bertz CT molecular complexity index is 1070. The summed E-state index contributed by atoms with van der Waals surface area (Å²) in [5.74, 6) is 0.934. The summed E-state index contributed by atoms with van der Waals surface area (Å²) in [5, 5.41) is 8.78. The van der Waals surface area contributed by atoms with Gasteiger partial charge in [0.25, 0.3) is 0 Å². The number of piperidine rings is 1. The Labute approximate surface area is 195 Å². The first-order valence-corrected chi connectivity index (χ1v) is 11.1. The summed E-state index contributed by atoms with van der Waals surface area (Å²) < 4.78 is 5.41. The largest absolute Gasteiger partial charge is 0.352 e. The summed E-state index contributed by atoms with van der Waals surface area (Å²) in [6.07, 6.45) is 1.77. The molecule has 1 atom stereocenters. The van der Waals surface area contributed by atoms with Crippen LogP contribution < -0.4 is 5.32 Å². The molecule has 1 unspecified atom stereocenters. The lowest BCUT2D eigenvalue weighted by Crippen LogP contribution is -2.42. The summed E-state index contributed by atoms with van der Waals surface area (Å²) in [4.78, 5) is 19.3. The van der Waals surface area contributed by atoms with Gasteiger partial charge in [-0.3, -0.25) is 9.69 Å². The van der Waals surface area contributed by atoms with Crippen LogP contribution in [0.15, 0.2) is 47.0 Å². The van der Waals surface area contributed by atoms with Crippen molar-refractivity contribution in [2.75, 3.05) is 13.1 Å². The van der Waals surface area contributed by atoms with Gasteiger partial charge in [0.1, 0.15) is 0 Å². The fraction of sp³-hybridized carbons (Fsp3) is 0.318. The van der Waals surface area contributed by atoms with E-state index in [1.165, 1.54) is 0 Å². The van der Waals surface area contributed by atoms with Gasteiger partial charge in [0.05, 0.1) is 12.5 Å². The third kappa shape index (κ3) is 5.77. The van der Waals surface area contributed by atoms with E-state index in [1.807, 2.05) is 18.2 Å². The molecule has 1 fully saturated rings. The van der Waals surface area contributed by atoms with E-state index in [1.54, 1.807) is 24.3 Å². The van der Waals surface area contributed by atoms with E-state index in [9.17, 15) is 4.79 Å². The molecule has 1 aromatic heterocycles. The minimum Gasteiger partial charge on any atom is -0.352 e. The number of aromatic nitrogens is 2. The predicted molar refractivity (Wildman–Crippen MR) is 121 cm³/mol. The number of benzene rings is 2. The van der Waals surface area contributed by atoms with Crippen LogP contribution in [0.3, 0.4) is 0 Å². The normalized spacial score (nSPS) is 16.9. The van der Waals surface area contributed by atoms with E-state index in [0.29, 0.717) is 46.4 Å². The number of halogens is 3. The molecule has 0 spiro atoms. The highest BCUT2D eigenvalue weighted by atomic mass is 35.5. The second kappa shape index (κ2) is 10.0. The highest BCUT2D eigenvalue weighted by Gasteiger charge is 2.27. The molecule has 0 radical (unpaired) electrons. The summed E-state index contributed by atoms with van der Waals surface area (Å²) in [7, 11) is 0. The van der Waals surface area contributed by atoms with Crippen LogP contribution in [0.5, 0.6) is 0 Å². The van der Waals surface area contributed by atoms with Crippen LogP contribution in [0.2, 0.25) is 15.1 Å². The summed E-state index contributed by atoms with van der Waals surface area (Å²) >= 11 is 18.2. The van der Waals surface area contributed by atoms with Crippen molar-refractivity contribution in [3.8, 4) is 11.4 Å². The number of nitrogens with one attached hydrogen (secondary N) is 1. The fourth-order valence-corrected chi connectivity index (χ4v) is 4.33. The first kappa shape index (κ1) is 22.1. The van der Waals surface area contributed by atoms with Crippen LogP contribution in [0.1, 0.15) is 24.3 Å². The van der Waals surface area contributed by atoms with Gasteiger partial charge in [0.15, 0.2) is 0 Å². The first-order chi connectivity index (χ1) is 15.0. The van der Waals surface area contributed by atoms with Gasteiger partial charge in [-0.05, 0) is 49.2 Å². The topological polar surface area (TPSA) is 71.3 Å². The molecule has 1 N–H and O–H groups in total. The van der Waals surface area contributed by atoms with Crippen molar-refractivity contribution >= 4 is 40.7 Å². The lowest BCUT2D eigenvalue weighted by Gasteiger charge is -2.30. The standard InChI is InChI=1S/C22H21Cl3N4O2/c23-17-5-1-3-14(9-17)21-27-20(31-28-21)13-29-8-2-4-16(12-29)22(30)26-11-15-6-7-18(24)10-19(15)25/h1,3,5-7,9-10,16H,2,4,8,11-13H2,(H,26,30). The lowest BCUT2D eigenvalue weighted by molar-refractivity contribution is -0.127. The maximum atomic E-state index is 12.7. The molecule has 9 heteroatoms. The van der Waals surface area contributed by atoms with Crippen LogP contribution in [0.25, 0.3) is 11.4 Å². The zero-order valence-corrected chi connectivity index (χ0v) is 18.9. The highest BCUT2D eigenvalue weighted by molar-refractivity contribution is 6.35. The molecule has 31 heavy (non-hydrogen) atoms. The van der Waals surface area contributed by atoms with E-state index < -0.39 is 0 Å². The number of amides is 1. The van der Waals surface area contributed by atoms with Crippen LogP contribution in [0, 0.1) is 5.92 Å². The molecule has 1 aliphatic rings. The molecule has 1 aliphatic heterocycles. The van der Waals surface area contributed by atoms with Gasteiger partial charge in [-0.15, -0.1) is 0 Å². The quantitative estimate of drug-likeness (QED) is 0.524. The second-order valence-corrected chi connectivity index (χ2v) is 8.83. The molecule has 2 heterocycles. The van der Waals surface area contributed by atoms with Crippen molar-refractivity contribution in [3.63, 3.8) is 0 Å². The molecule has 3 aromatic rings. The van der Waals surface area contributed by atoms with E-state index in [0.717, 1.165) is 30.5 Å². The minimum atomic E-state index is -0.102. The highest BCUT2D eigenvalue weighted by Crippen LogP contribution is 2.23. The smallest absolute Gasteiger partial charge is 0.241 e. The van der Waals surface area contributed by atoms with Crippen LogP contribution in [0.4, 0.5) is 0 Å². The lowest BCUT2D eigenvalue weighted by atomic mass is 9.97. The van der Waals surface area contributed by atoms with Crippen molar-refractivity contribution in [1.82, 2.24) is 20.4 Å². The Morgan fingerprint density at radius 3 is 2.81 bits per heavy atom. The molecule has 2 aromatic carbocycles. The van der Waals surface area contributed by atoms with E-state index in [4.69, 9.17) is 39.3 Å². The SMILES string of the molecule is O=C(NCc1ccc(Cl)cc1Cl)C1CCCN(Cc2nc(-c3cccc(Cl)c3)no2)C1. The Balaban J connectivity index is 1.32. The van der Waals surface area contributed by atoms with Crippen LogP contribution in [-0.2, 0) is 17.9 Å². The van der Waals surface area contributed by atoms with Crippen molar-refractivity contribution in [2.45, 2.75) is 25.9 Å². The number of nitrogens with zero attached hydrogens (tertiary/aromatic N) is 3. The fourth-order valence-electron chi connectivity index (χ4n) is 3.66. The zero-order valence-electron chi connectivity index (χ0n) is 16.7. The van der Waals surface area contributed by atoms with Crippen molar-refractivity contribution < 1.29 is 9.32 Å². The molecule has 0 bridgehead atoms. The Kier molecular flexibility index (Phi) is 7.13. The Morgan fingerprint density at radius 1 is 1.16 bits per heavy atom. The van der Waals surface area contributed by atoms with Gasteiger partial charge in [-0.1, -0.05) is 58.2 Å². The Hall–Kier alpha value is -2.12. The summed E-state index contributed by atoms with van der Waals surface area (Å²) in [6.45, 7) is 2.38. The average molecular weight is 480 g/mol. The third-order valence-electron chi connectivity index (χ3n) is 5.25. The van der Waals surface area contributed by atoms with Crippen molar-refractivity contribution in [2.24, 2.45) is 5.92 Å². The number of hydrogen-bond donors (Lipinski definition) is 1. The molecular weight excluding hydrogens is 459 g/mol. The maximum absolute atomic E-state index is 12.7. The van der Waals surface area contributed by atoms with Gasteiger partial charge in [-0.2, -0.15) is 4.98 Å². The Morgan fingerprint density at radius 2 is 2.00 bits per heavy atom. The molecular formula is C22H21Cl3N4O2. The number of rotatable bonds is 6. The number of carbonyl (C=O) groups excluding carboxylic acids is 1. The van der Waals surface area contributed by atoms with Gasteiger partial charge in [-0.25, -0.2) is 0 Å². The summed E-state index contributed by atoms with van der Waals surface area (Å²) in [5.41, 5.74) is 1.64. The van der Waals surface area contributed by atoms with Gasteiger partial charge < -0.3 is 9.84 Å². The summed E-state index contributed by atoms with van der Waals surface area (Å²) in [6, 6.07) is 12.6. The van der Waals surface area contributed by atoms with Crippen molar-refractivity contribution in [3.05, 3.63) is 69.0 Å². The number of hydrogen-bond acceptors (Lipinski definition) is 5. The molecule has 1 amide bonds. The van der Waals surface area contributed by atoms with Gasteiger partial charge >= 0.3 is 0 Å². The minimum absolute atomic E-state index is 0.0147. The average Bonchev–Trinajstić information content (AvgIpc) is 3.21. The zero-order chi connectivity index (χ0) is 21.8. The first-order valence-electron chi connectivity index (χ1n) is 10.0. The van der Waals surface area contributed by atoms with Gasteiger partial charge in [0, 0.05) is 33.7 Å². The van der Waals surface area contributed by atoms with Gasteiger partial charge in [0.2, 0.25) is 17.6 Å².